The summed E-state index contributed by atoms with van der Waals surface area (Å²) in [6, 6.07) is 4.34. The molecule has 1 aromatic carbocycles. The summed E-state index contributed by atoms with van der Waals surface area (Å²) in [6.45, 7) is 5.49. The minimum atomic E-state index is -0.752. The van der Waals surface area contributed by atoms with Crippen LogP contribution in [0.1, 0.15) is 76.2 Å². The Bertz CT molecular complexity index is 712. The minimum absolute atomic E-state index is 0.0166. The summed E-state index contributed by atoms with van der Waals surface area (Å²) in [5.41, 5.74) is 0.920. The molecule has 1 aliphatic heterocycles. The molecule has 0 N–H and O–H groups in total. The maximum atomic E-state index is 13.4. The van der Waals surface area contributed by atoms with E-state index in [0.29, 0.717) is 11.8 Å². The third-order valence-electron chi connectivity index (χ3n) is 8.36. The molecule has 0 amide bonds. The highest BCUT2D eigenvalue weighted by molar-refractivity contribution is 5.17. The van der Waals surface area contributed by atoms with Gasteiger partial charge in [0.25, 0.3) is 0 Å². The number of hydrogen-bond acceptors (Lipinski definition) is 2. The van der Waals surface area contributed by atoms with Crippen LogP contribution in [-0.2, 0) is 15.9 Å². The third-order valence-corrected chi connectivity index (χ3v) is 8.36. The third kappa shape index (κ3) is 6.41. The zero-order valence-corrected chi connectivity index (χ0v) is 19.5. The molecular formula is C28H40F2O2. The lowest BCUT2D eigenvalue weighted by Gasteiger charge is -2.41. The molecular weight excluding hydrogens is 406 g/mol. The van der Waals surface area contributed by atoms with Gasteiger partial charge < -0.3 is 9.47 Å². The van der Waals surface area contributed by atoms with Gasteiger partial charge >= 0.3 is 0 Å². The molecule has 178 valence electrons. The second-order valence-electron chi connectivity index (χ2n) is 10.5. The molecule has 2 saturated carbocycles. The van der Waals surface area contributed by atoms with Crippen LogP contribution in [0.3, 0.4) is 0 Å². The van der Waals surface area contributed by atoms with E-state index in [1.165, 1.54) is 63.5 Å². The summed E-state index contributed by atoms with van der Waals surface area (Å²) in [5, 5.41) is 0. The highest BCUT2D eigenvalue weighted by atomic mass is 19.2. The standard InChI is InChI=1S/C28H40F2O2/c1-2-3-4-22-18-31-28(32-19-22)25-14-12-24(13-15-25)23-10-7-20(8-11-23)5-6-21-9-16-26(29)27(30)17-21/h2,9,16-17,20,22-25,28H,1,3-8,10-15,18-19H2. The number of ether oxygens (including phenoxy) is 2. The number of halogens is 2. The molecule has 0 unspecified atom stereocenters. The SMILES string of the molecule is C=CCCC1COC(C2CCC(C3CCC(CCc4ccc(F)c(F)c4)CC3)CC2)OC1. The van der Waals surface area contributed by atoms with Crippen molar-refractivity contribution in [1.29, 1.82) is 0 Å². The Balaban J connectivity index is 1.13. The first kappa shape index (κ1) is 23.9. The van der Waals surface area contributed by atoms with Gasteiger partial charge in [-0.2, -0.15) is 0 Å². The Labute approximate surface area is 192 Å². The van der Waals surface area contributed by atoms with Crippen LogP contribution in [-0.4, -0.2) is 19.5 Å². The van der Waals surface area contributed by atoms with E-state index in [0.717, 1.165) is 62.2 Å². The number of benzene rings is 1. The van der Waals surface area contributed by atoms with E-state index in [4.69, 9.17) is 9.47 Å². The highest BCUT2D eigenvalue weighted by Crippen LogP contribution is 2.43. The largest absolute Gasteiger partial charge is 0.352 e. The molecule has 1 saturated heterocycles. The summed E-state index contributed by atoms with van der Waals surface area (Å²) in [4.78, 5) is 0. The molecule has 3 fully saturated rings. The molecule has 0 aromatic heterocycles. The second kappa shape index (κ2) is 11.7. The van der Waals surface area contributed by atoms with Gasteiger partial charge in [-0.15, -0.1) is 6.58 Å². The van der Waals surface area contributed by atoms with Crippen molar-refractivity contribution in [2.75, 3.05) is 13.2 Å². The Morgan fingerprint density at radius 3 is 2.03 bits per heavy atom. The molecule has 0 atom stereocenters. The predicted molar refractivity (Wildman–Crippen MR) is 124 cm³/mol. The van der Waals surface area contributed by atoms with Gasteiger partial charge in [0, 0.05) is 11.8 Å². The first-order valence-corrected chi connectivity index (χ1v) is 12.9. The molecule has 1 aromatic rings. The van der Waals surface area contributed by atoms with Crippen molar-refractivity contribution in [3.05, 3.63) is 48.1 Å². The van der Waals surface area contributed by atoms with Crippen molar-refractivity contribution in [2.24, 2.45) is 29.6 Å². The van der Waals surface area contributed by atoms with Gasteiger partial charge in [0.1, 0.15) is 0 Å². The van der Waals surface area contributed by atoms with E-state index in [-0.39, 0.29) is 6.29 Å². The monoisotopic (exact) mass is 446 g/mol. The fraction of sp³-hybridized carbons (Fsp3) is 0.714. The van der Waals surface area contributed by atoms with Gasteiger partial charge in [0.15, 0.2) is 17.9 Å². The molecule has 4 heteroatoms. The normalized spacial score (nSPS) is 33.7. The van der Waals surface area contributed by atoms with Crippen molar-refractivity contribution in [2.45, 2.75) is 83.3 Å². The molecule has 0 radical (unpaired) electrons. The van der Waals surface area contributed by atoms with Crippen LogP contribution < -0.4 is 0 Å². The minimum Gasteiger partial charge on any atom is -0.352 e. The molecule has 0 spiro atoms. The van der Waals surface area contributed by atoms with E-state index >= 15 is 0 Å². The van der Waals surface area contributed by atoms with Gasteiger partial charge in [0.2, 0.25) is 0 Å². The van der Waals surface area contributed by atoms with E-state index in [1.807, 2.05) is 6.08 Å². The lowest BCUT2D eigenvalue weighted by Crippen LogP contribution is -2.39. The molecule has 2 aliphatic carbocycles. The van der Waals surface area contributed by atoms with Gasteiger partial charge in [0.05, 0.1) is 13.2 Å². The molecule has 0 bridgehead atoms. The summed E-state index contributed by atoms with van der Waals surface area (Å²) >= 11 is 0. The summed E-state index contributed by atoms with van der Waals surface area (Å²) in [5.74, 6) is 2.08. The Hall–Kier alpha value is -1.26. The van der Waals surface area contributed by atoms with Crippen LogP contribution >= 0.6 is 0 Å². The van der Waals surface area contributed by atoms with Crippen LogP contribution in [0.25, 0.3) is 0 Å². The van der Waals surface area contributed by atoms with Crippen LogP contribution in [0.5, 0.6) is 0 Å². The lowest BCUT2D eigenvalue weighted by atomic mass is 9.68. The molecule has 2 nitrogen and oxygen atoms in total. The summed E-state index contributed by atoms with van der Waals surface area (Å²) in [6.07, 6.45) is 16.5. The number of allylic oxidation sites excluding steroid dienone is 1. The zero-order chi connectivity index (χ0) is 22.3. The highest BCUT2D eigenvalue weighted by Gasteiger charge is 2.35. The number of aryl methyl sites for hydroxylation is 1. The van der Waals surface area contributed by atoms with Crippen molar-refractivity contribution >= 4 is 0 Å². The molecule has 1 heterocycles. The van der Waals surface area contributed by atoms with Crippen molar-refractivity contribution in [3.8, 4) is 0 Å². The Morgan fingerprint density at radius 1 is 0.781 bits per heavy atom. The van der Waals surface area contributed by atoms with Crippen molar-refractivity contribution in [3.63, 3.8) is 0 Å². The Morgan fingerprint density at radius 2 is 1.41 bits per heavy atom. The summed E-state index contributed by atoms with van der Waals surface area (Å²) in [7, 11) is 0. The van der Waals surface area contributed by atoms with Gasteiger partial charge in [-0.05, 0) is 99.7 Å². The van der Waals surface area contributed by atoms with Gasteiger partial charge in [-0.25, -0.2) is 8.78 Å². The Kier molecular flexibility index (Phi) is 8.76. The van der Waals surface area contributed by atoms with Crippen molar-refractivity contribution < 1.29 is 18.3 Å². The van der Waals surface area contributed by atoms with Crippen LogP contribution in [0.2, 0.25) is 0 Å². The van der Waals surface area contributed by atoms with Gasteiger partial charge in [-0.3, -0.25) is 0 Å². The fourth-order valence-corrected chi connectivity index (χ4v) is 6.25. The van der Waals surface area contributed by atoms with E-state index in [2.05, 4.69) is 6.58 Å². The predicted octanol–water partition coefficient (Wildman–Crippen LogP) is 7.47. The maximum Gasteiger partial charge on any atom is 0.160 e. The van der Waals surface area contributed by atoms with Gasteiger partial charge in [-0.1, -0.05) is 25.0 Å². The molecule has 4 rings (SSSR count). The van der Waals surface area contributed by atoms with E-state index in [1.54, 1.807) is 6.07 Å². The average Bonchev–Trinajstić information content (AvgIpc) is 2.84. The lowest BCUT2D eigenvalue weighted by molar-refractivity contribution is -0.230. The van der Waals surface area contributed by atoms with E-state index < -0.39 is 11.6 Å². The summed E-state index contributed by atoms with van der Waals surface area (Å²) < 4.78 is 38.7. The number of hydrogen-bond donors (Lipinski definition) is 0. The number of rotatable bonds is 8. The molecule has 32 heavy (non-hydrogen) atoms. The first-order valence-electron chi connectivity index (χ1n) is 12.9. The second-order valence-corrected chi connectivity index (χ2v) is 10.5. The van der Waals surface area contributed by atoms with Crippen LogP contribution in [0.15, 0.2) is 30.9 Å². The smallest absolute Gasteiger partial charge is 0.160 e. The molecule has 3 aliphatic rings. The van der Waals surface area contributed by atoms with Crippen LogP contribution in [0.4, 0.5) is 8.78 Å². The quantitative estimate of drug-likeness (QED) is 0.386. The van der Waals surface area contributed by atoms with Crippen LogP contribution in [0, 0.1) is 41.2 Å². The maximum absolute atomic E-state index is 13.4. The average molecular weight is 447 g/mol. The van der Waals surface area contributed by atoms with E-state index in [9.17, 15) is 8.78 Å². The topological polar surface area (TPSA) is 18.5 Å². The van der Waals surface area contributed by atoms with Crippen molar-refractivity contribution in [1.82, 2.24) is 0 Å². The zero-order valence-electron chi connectivity index (χ0n) is 19.5. The first-order chi connectivity index (χ1) is 15.6. The fourth-order valence-electron chi connectivity index (χ4n) is 6.25.